The van der Waals surface area contributed by atoms with Gasteiger partial charge in [0.25, 0.3) is 6.10 Å². The van der Waals surface area contributed by atoms with Crippen LogP contribution >= 0.6 is 11.6 Å². The van der Waals surface area contributed by atoms with Crippen LogP contribution in [0.3, 0.4) is 0 Å². The van der Waals surface area contributed by atoms with Gasteiger partial charge in [-0.05, 0) is 6.92 Å². The summed E-state index contributed by atoms with van der Waals surface area (Å²) >= 11 is 5.43. The maximum absolute atomic E-state index is 12.2. The first-order valence-electron chi connectivity index (χ1n) is 4.30. The summed E-state index contributed by atoms with van der Waals surface area (Å²) in [7, 11) is 0. The Hall–Kier alpha value is -1.25. The fourth-order valence-corrected chi connectivity index (χ4v) is 1.09. The van der Waals surface area contributed by atoms with Crippen molar-refractivity contribution in [1.29, 1.82) is 0 Å². The molecule has 0 saturated heterocycles. The van der Waals surface area contributed by atoms with Gasteiger partial charge in [-0.3, -0.25) is 0 Å². The zero-order valence-corrected chi connectivity index (χ0v) is 9.36. The van der Waals surface area contributed by atoms with Gasteiger partial charge in [0.15, 0.2) is 0 Å². The number of rotatable bonds is 2. The van der Waals surface area contributed by atoms with E-state index in [1.54, 1.807) is 0 Å². The monoisotopic (exact) mass is 294 g/mol. The molecule has 0 aliphatic heterocycles. The van der Waals surface area contributed by atoms with Crippen LogP contribution in [-0.2, 0) is 0 Å². The summed E-state index contributed by atoms with van der Waals surface area (Å²) in [5, 5.41) is -0.289. The predicted molar refractivity (Wildman–Crippen MR) is 48.3 cm³/mol. The lowest BCUT2D eigenvalue weighted by molar-refractivity contribution is -0.300. The van der Waals surface area contributed by atoms with Crippen molar-refractivity contribution < 1.29 is 31.1 Å². The molecule has 0 radical (unpaired) electrons. The van der Waals surface area contributed by atoms with E-state index in [-0.39, 0.29) is 10.7 Å². The van der Waals surface area contributed by atoms with Crippen LogP contribution in [0, 0.1) is 6.92 Å². The highest BCUT2D eigenvalue weighted by atomic mass is 35.5. The van der Waals surface area contributed by atoms with E-state index in [1.165, 1.54) is 0 Å². The highest BCUT2D eigenvalue weighted by molar-refractivity contribution is 6.30. The zero-order valence-electron chi connectivity index (χ0n) is 8.60. The van der Waals surface area contributed by atoms with E-state index in [9.17, 15) is 26.3 Å². The molecular weight excluding hydrogens is 290 g/mol. The van der Waals surface area contributed by atoms with Gasteiger partial charge in [-0.15, -0.1) is 0 Å². The third kappa shape index (κ3) is 3.37. The molecule has 1 aromatic rings. The molecule has 10 heteroatoms. The number of hydrogen-bond donors (Lipinski definition) is 0. The van der Waals surface area contributed by atoms with Crippen molar-refractivity contribution in [2.45, 2.75) is 25.4 Å². The predicted octanol–water partition coefficient (Wildman–Crippen LogP) is 3.31. The van der Waals surface area contributed by atoms with Crippen molar-refractivity contribution in [3.05, 3.63) is 17.0 Å². The van der Waals surface area contributed by atoms with Gasteiger partial charge in [0.1, 0.15) is 11.5 Å². The van der Waals surface area contributed by atoms with Crippen LogP contribution in [0.2, 0.25) is 5.15 Å². The molecule has 0 saturated carbocycles. The average Bonchev–Trinajstić information content (AvgIpc) is 2.16. The van der Waals surface area contributed by atoms with E-state index in [2.05, 4.69) is 14.7 Å². The van der Waals surface area contributed by atoms with Crippen LogP contribution in [0.15, 0.2) is 6.33 Å². The number of aromatic nitrogens is 2. The lowest BCUT2D eigenvalue weighted by Gasteiger charge is -2.23. The molecule has 0 N–H and O–H groups in total. The van der Waals surface area contributed by atoms with Gasteiger partial charge in [0, 0.05) is 5.56 Å². The lowest BCUT2D eigenvalue weighted by atomic mass is 10.3. The molecule has 1 aromatic heterocycles. The Balaban J connectivity index is 3.09. The molecule has 0 aliphatic rings. The highest BCUT2D eigenvalue weighted by Gasteiger charge is 2.59. The van der Waals surface area contributed by atoms with Gasteiger partial charge in [-0.1, -0.05) is 11.6 Å². The first kappa shape index (κ1) is 14.8. The second kappa shape index (κ2) is 4.79. The summed E-state index contributed by atoms with van der Waals surface area (Å²) in [5.74, 6) is -0.866. The number of hydrogen-bond acceptors (Lipinski definition) is 3. The largest absolute Gasteiger partial charge is 0.454 e. The summed E-state index contributed by atoms with van der Waals surface area (Å²) in [6, 6.07) is 0. The van der Waals surface area contributed by atoms with E-state index in [0.717, 1.165) is 6.92 Å². The zero-order chi connectivity index (χ0) is 14.1. The summed E-state index contributed by atoms with van der Waals surface area (Å²) in [6.07, 6.45) is -14.5. The SMILES string of the molecule is Cc1c(Cl)ncnc1OC(C(F)(F)F)C(F)(F)F. The first-order chi connectivity index (χ1) is 8.03. The fourth-order valence-electron chi connectivity index (χ4n) is 0.964. The lowest BCUT2D eigenvalue weighted by Crippen LogP contribution is -2.46. The van der Waals surface area contributed by atoms with E-state index in [4.69, 9.17) is 11.6 Å². The topological polar surface area (TPSA) is 35.0 Å². The van der Waals surface area contributed by atoms with E-state index in [1.807, 2.05) is 0 Å². The molecule has 1 rings (SSSR count). The molecule has 0 unspecified atom stereocenters. The molecule has 3 nitrogen and oxygen atoms in total. The molecule has 0 amide bonds. The Labute approximate surface area is 102 Å². The maximum Gasteiger partial charge on any atom is 0.434 e. The third-order valence-corrected chi connectivity index (χ3v) is 2.18. The minimum Gasteiger partial charge on any atom is -0.454 e. The molecule has 0 spiro atoms. The van der Waals surface area contributed by atoms with Crippen molar-refractivity contribution >= 4 is 11.6 Å². The van der Waals surface area contributed by atoms with Gasteiger partial charge >= 0.3 is 12.4 Å². The summed E-state index contributed by atoms with van der Waals surface area (Å²) < 4.78 is 77.1. The van der Waals surface area contributed by atoms with Crippen molar-refractivity contribution in [2.24, 2.45) is 0 Å². The van der Waals surface area contributed by atoms with Crippen molar-refractivity contribution in [1.82, 2.24) is 9.97 Å². The van der Waals surface area contributed by atoms with Crippen LogP contribution in [-0.4, -0.2) is 28.4 Å². The van der Waals surface area contributed by atoms with Crippen LogP contribution in [0.1, 0.15) is 5.56 Å². The molecule has 0 aromatic carbocycles. The Morgan fingerprint density at radius 1 is 1.11 bits per heavy atom. The van der Waals surface area contributed by atoms with Gasteiger partial charge < -0.3 is 4.74 Å². The Kier molecular flexibility index (Phi) is 3.94. The average molecular weight is 295 g/mol. The molecule has 0 atom stereocenters. The minimum atomic E-state index is -5.61. The summed E-state index contributed by atoms with van der Waals surface area (Å²) in [4.78, 5) is 6.57. The van der Waals surface area contributed by atoms with Crippen LogP contribution in [0.5, 0.6) is 5.88 Å². The van der Waals surface area contributed by atoms with Crippen LogP contribution in [0.4, 0.5) is 26.3 Å². The number of ether oxygens (including phenoxy) is 1. The normalized spacial score (nSPS) is 12.9. The highest BCUT2D eigenvalue weighted by Crippen LogP contribution is 2.37. The Morgan fingerprint density at radius 2 is 1.61 bits per heavy atom. The van der Waals surface area contributed by atoms with Crippen molar-refractivity contribution in [3.63, 3.8) is 0 Å². The number of alkyl halides is 6. The van der Waals surface area contributed by atoms with Crippen LogP contribution < -0.4 is 4.74 Å². The smallest absolute Gasteiger partial charge is 0.434 e. The molecule has 0 bridgehead atoms. The Morgan fingerprint density at radius 3 is 2.06 bits per heavy atom. The van der Waals surface area contributed by atoms with Gasteiger partial charge in [-0.2, -0.15) is 26.3 Å². The molecule has 0 fully saturated rings. The van der Waals surface area contributed by atoms with Gasteiger partial charge in [0.2, 0.25) is 5.88 Å². The van der Waals surface area contributed by atoms with E-state index < -0.39 is 24.3 Å². The van der Waals surface area contributed by atoms with E-state index >= 15 is 0 Å². The quantitative estimate of drug-likeness (QED) is 0.620. The molecule has 102 valence electrons. The molecule has 1 heterocycles. The van der Waals surface area contributed by atoms with Crippen LogP contribution in [0.25, 0.3) is 0 Å². The van der Waals surface area contributed by atoms with Crippen molar-refractivity contribution in [3.8, 4) is 5.88 Å². The van der Waals surface area contributed by atoms with E-state index in [0.29, 0.717) is 6.33 Å². The molecular formula is C8H5ClF6N2O. The molecule has 0 aliphatic carbocycles. The summed E-state index contributed by atoms with van der Waals surface area (Å²) in [5.41, 5.74) is -0.210. The third-order valence-electron chi connectivity index (χ3n) is 1.80. The maximum atomic E-state index is 12.2. The van der Waals surface area contributed by atoms with Gasteiger partial charge in [-0.25, -0.2) is 9.97 Å². The first-order valence-corrected chi connectivity index (χ1v) is 4.68. The Bertz CT molecular complexity index is 419. The number of halogens is 7. The van der Waals surface area contributed by atoms with Crippen molar-refractivity contribution in [2.75, 3.05) is 0 Å². The standard InChI is InChI=1S/C8H5ClF6N2O/c1-3-4(9)16-2-17-5(3)18-6(7(10,11)12)8(13,14)15/h2,6H,1H3. The minimum absolute atomic E-state index is 0.210. The fraction of sp³-hybridized carbons (Fsp3) is 0.500. The second-order valence-electron chi connectivity index (χ2n) is 3.18. The second-order valence-corrected chi connectivity index (χ2v) is 3.53. The van der Waals surface area contributed by atoms with Gasteiger partial charge in [0.05, 0.1) is 0 Å². The molecule has 18 heavy (non-hydrogen) atoms. The summed E-state index contributed by atoms with van der Waals surface area (Å²) in [6.45, 7) is 1.14. The number of nitrogens with zero attached hydrogens (tertiary/aromatic N) is 2.